The van der Waals surface area contributed by atoms with Crippen molar-refractivity contribution in [2.75, 3.05) is 33.3 Å². The third-order valence-electron chi connectivity index (χ3n) is 4.21. The van der Waals surface area contributed by atoms with Crippen LogP contribution in [0.4, 0.5) is 0 Å². The quantitative estimate of drug-likeness (QED) is 0.786. The Morgan fingerprint density at radius 3 is 2.62 bits per heavy atom. The zero-order valence-corrected chi connectivity index (χ0v) is 13.8. The normalized spacial score (nSPS) is 14.6. The van der Waals surface area contributed by atoms with Crippen molar-refractivity contribution in [2.45, 2.75) is 0 Å². The molecule has 0 aliphatic carbocycles. The number of carbonyl (C=O) groups is 2. The molecule has 1 fully saturated rings. The Balaban J connectivity index is 1.81. The van der Waals surface area contributed by atoms with Crippen LogP contribution in [-0.2, 0) is 11.8 Å². The molecule has 0 radical (unpaired) electrons. The number of aromatic nitrogens is 2. The lowest BCUT2D eigenvalue weighted by Crippen LogP contribution is -2.48. The van der Waals surface area contributed by atoms with Crippen molar-refractivity contribution in [2.24, 2.45) is 7.05 Å². The predicted octanol–water partition coefficient (Wildman–Crippen LogP) is 1.01. The summed E-state index contributed by atoms with van der Waals surface area (Å²) in [5.41, 5.74) is 2.16. The minimum Gasteiger partial charge on any atom is -0.497 e. The highest BCUT2D eigenvalue weighted by atomic mass is 16.5. The van der Waals surface area contributed by atoms with Gasteiger partial charge in [-0.25, -0.2) is 0 Å². The van der Waals surface area contributed by atoms with Gasteiger partial charge in [0, 0.05) is 38.8 Å². The van der Waals surface area contributed by atoms with Crippen LogP contribution in [0.2, 0.25) is 0 Å². The van der Waals surface area contributed by atoms with E-state index in [0.29, 0.717) is 31.9 Å². The number of rotatable bonds is 4. The average molecular weight is 328 g/mol. The third kappa shape index (κ3) is 3.10. The smallest absolute Gasteiger partial charge is 0.272 e. The second kappa shape index (κ2) is 6.74. The highest BCUT2D eigenvalue weighted by molar-refractivity contribution is 5.94. The van der Waals surface area contributed by atoms with E-state index < -0.39 is 0 Å². The van der Waals surface area contributed by atoms with Crippen LogP contribution in [0.1, 0.15) is 10.5 Å². The molecule has 7 nitrogen and oxygen atoms in total. The second-order valence-corrected chi connectivity index (χ2v) is 5.70. The summed E-state index contributed by atoms with van der Waals surface area (Å²) in [5.74, 6) is 0.681. The fraction of sp³-hybridized carbons (Fsp3) is 0.353. The lowest BCUT2D eigenvalue weighted by atomic mass is 10.1. The average Bonchev–Trinajstić information content (AvgIpc) is 3.03. The van der Waals surface area contributed by atoms with Gasteiger partial charge in [0.25, 0.3) is 5.91 Å². The molecule has 7 heteroatoms. The summed E-state index contributed by atoms with van der Waals surface area (Å²) in [5, 5.41) is 4.45. The van der Waals surface area contributed by atoms with E-state index in [2.05, 4.69) is 5.10 Å². The van der Waals surface area contributed by atoms with Gasteiger partial charge in [0.15, 0.2) is 0 Å². The monoisotopic (exact) mass is 328 g/mol. The van der Waals surface area contributed by atoms with Crippen LogP contribution in [0, 0.1) is 0 Å². The van der Waals surface area contributed by atoms with Crippen molar-refractivity contribution in [3.05, 3.63) is 36.0 Å². The maximum atomic E-state index is 12.7. The van der Waals surface area contributed by atoms with Gasteiger partial charge in [-0.1, -0.05) is 12.1 Å². The van der Waals surface area contributed by atoms with Crippen molar-refractivity contribution < 1.29 is 14.3 Å². The van der Waals surface area contributed by atoms with Crippen LogP contribution < -0.4 is 4.74 Å². The molecule has 0 N–H and O–H groups in total. The molecule has 3 rings (SSSR count). The molecular formula is C17H20N4O3. The summed E-state index contributed by atoms with van der Waals surface area (Å²) >= 11 is 0. The second-order valence-electron chi connectivity index (χ2n) is 5.70. The van der Waals surface area contributed by atoms with Crippen molar-refractivity contribution in [1.82, 2.24) is 19.6 Å². The van der Waals surface area contributed by atoms with Crippen LogP contribution in [0.5, 0.6) is 5.75 Å². The number of hydrogen-bond donors (Lipinski definition) is 0. The number of benzene rings is 1. The number of ether oxygens (including phenoxy) is 1. The fourth-order valence-electron chi connectivity index (χ4n) is 2.78. The largest absolute Gasteiger partial charge is 0.497 e. The van der Waals surface area contributed by atoms with E-state index in [4.69, 9.17) is 4.74 Å². The van der Waals surface area contributed by atoms with E-state index in [0.717, 1.165) is 23.4 Å². The number of carbonyl (C=O) groups excluding carboxylic acids is 2. The van der Waals surface area contributed by atoms with Crippen molar-refractivity contribution in [3.63, 3.8) is 0 Å². The van der Waals surface area contributed by atoms with Crippen LogP contribution in [0.25, 0.3) is 11.3 Å². The molecule has 1 aliphatic heterocycles. The van der Waals surface area contributed by atoms with Crippen LogP contribution in [-0.4, -0.2) is 65.2 Å². The molecule has 0 bridgehead atoms. The predicted molar refractivity (Wildman–Crippen MR) is 88.7 cm³/mol. The van der Waals surface area contributed by atoms with Gasteiger partial charge >= 0.3 is 0 Å². The van der Waals surface area contributed by atoms with Gasteiger partial charge in [0.1, 0.15) is 11.4 Å². The standard InChI is InChI=1S/C17H20N4O3/c1-19-16(17(23)21-8-6-20(12-22)7-9-21)11-15(18-19)13-4-3-5-14(10-13)24-2/h3-5,10-12H,6-9H2,1-2H3. The summed E-state index contributed by atoms with van der Waals surface area (Å²) in [6, 6.07) is 9.37. The summed E-state index contributed by atoms with van der Waals surface area (Å²) < 4.78 is 6.83. The fourth-order valence-corrected chi connectivity index (χ4v) is 2.78. The summed E-state index contributed by atoms with van der Waals surface area (Å²) in [7, 11) is 3.38. The third-order valence-corrected chi connectivity index (χ3v) is 4.21. The Hall–Kier alpha value is -2.83. The molecular weight excluding hydrogens is 308 g/mol. The first-order chi connectivity index (χ1) is 11.6. The molecule has 126 valence electrons. The van der Waals surface area contributed by atoms with Crippen LogP contribution in [0.3, 0.4) is 0 Å². The first-order valence-electron chi connectivity index (χ1n) is 7.79. The minimum atomic E-state index is -0.0651. The first kappa shape index (κ1) is 16.0. The topological polar surface area (TPSA) is 67.7 Å². The highest BCUT2D eigenvalue weighted by Gasteiger charge is 2.24. The number of methoxy groups -OCH3 is 1. The highest BCUT2D eigenvalue weighted by Crippen LogP contribution is 2.24. The summed E-state index contributed by atoms with van der Waals surface area (Å²) in [4.78, 5) is 26.9. The lowest BCUT2D eigenvalue weighted by molar-refractivity contribution is -0.119. The molecule has 1 aliphatic rings. The number of aryl methyl sites for hydroxylation is 1. The number of hydrogen-bond acceptors (Lipinski definition) is 4. The Morgan fingerprint density at radius 2 is 1.96 bits per heavy atom. The Kier molecular flexibility index (Phi) is 4.50. The summed E-state index contributed by atoms with van der Waals surface area (Å²) in [6.07, 6.45) is 0.826. The van der Waals surface area contributed by atoms with Gasteiger partial charge in [-0.05, 0) is 18.2 Å². The lowest BCUT2D eigenvalue weighted by Gasteiger charge is -2.32. The van der Waals surface area contributed by atoms with Gasteiger partial charge in [0.05, 0.1) is 12.8 Å². The van der Waals surface area contributed by atoms with Gasteiger partial charge in [-0.3, -0.25) is 14.3 Å². The molecule has 24 heavy (non-hydrogen) atoms. The van der Waals surface area contributed by atoms with E-state index in [9.17, 15) is 9.59 Å². The number of nitrogens with zero attached hydrogens (tertiary/aromatic N) is 4. The number of amides is 2. The molecule has 0 unspecified atom stereocenters. The molecule has 0 spiro atoms. The van der Waals surface area contributed by atoms with Crippen molar-refractivity contribution in [3.8, 4) is 17.0 Å². The van der Waals surface area contributed by atoms with Crippen LogP contribution in [0.15, 0.2) is 30.3 Å². The Labute approximate surface area is 140 Å². The molecule has 0 atom stereocenters. The SMILES string of the molecule is COc1cccc(-c2cc(C(=O)N3CCN(C=O)CC3)n(C)n2)c1. The maximum Gasteiger partial charge on any atom is 0.272 e. The maximum absolute atomic E-state index is 12.7. The van der Waals surface area contributed by atoms with Gasteiger partial charge in [-0.2, -0.15) is 5.10 Å². The molecule has 1 aromatic carbocycles. The number of piperazine rings is 1. The molecule has 1 saturated heterocycles. The van der Waals surface area contributed by atoms with Gasteiger partial charge < -0.3 is 14.5 Å². The summed E-state index contributed by atoms with van der Waals surface area (Å²) in [6.45, 7) is 2.21. The zero-order valence-electron chi connectivity index (χ0n) is 13.8. The van der Waals surface area contributed by atoms with E-state index in [1.807, 2.05) is 24.3 Å². The van der Waals surface area contributed by atoms with E-state index >= 15 is 0 Å². The zero-order chi connectivity index (χ0) is 17.1. The molecule has 2 aromatic rings. The van der Waals surface area contributed by atoms with Crippen molar-refractivity contribution in [1.29, 1.82) is 0 Å². The van der Waals surface area contributed by atoms with Gasteiger partial charge in [0.2, 0.25) is 6.41 Å². The Morgan fingerprint density at radius 1 is 1.21 bits per heavy atom. The van der Waals surface area contributed by atoms with E-state index in [1.54, 1.807) is 34.7 Å². The molecule has 1 aromatic heterocycles. The van der Waals surface area contributed by atoms with Crippen LogP contribution >= 0.6 is 0 Å². The molecule has 0 saturated carbocycles. The minimum absolute atomic E-state index is 0.0651. The molecule has 2 amide bonds. The van der Waals surface area contributed by atoms with E-state index in [-0.39, 0.29) is 5.91 Å². The molecule has 2 heterocycles. The van der Waals surface area contributed by atoms with Crippen molar-refractivity contribution >= 4 is 12.3 Å². The van der Waals surface area contributed by atoms with E-state index in [1.165, 1.54) is 0 Å². The Bertz CT molecular complexity index is 748. The van der Waals surface area contributed by atoms with Gasteiger partial charge in [-0.15, -0.1) is 0 Å². The first-order valence-corrected chi connectivity index (χ1v) is 7.79.